The molecule has 146 valence electrons. The van der Waals surface area contributed by atoms with Crippen molar-refractivity contribution in [1.82, 2.24) is 24.8 Å². The Morgan fingerprint density at radius 1 is 1.14 bits per heavy atom. The van der Waals surface area contributed by atoms with E-state index in [2.05, 4.69) is 26.0 Å². The van der Waals surface area contributed by atoms with Crippen molar-refractivity contribution in [1.29, 1.82) is 0 Å². The van der Waals surface area contributed by atoms with E-state index in [4.69, 9.17) is 5.73 Å². The first-order valence-corrected chi connectivity index (χ1v) is 9.98. The molecule has 0 saturated carbocycles. The highest BCUT2D eigenvalue weighted by atomic mass is 32.2. The highest BCUT2D eigenvalue weighted by Gasteiger charge is 2.31. The minimum absolute atomic E-state index is 0.390. The molecule has 0 spiro atoms. The predicted octanol–water partition coefficient (Wildman–Crippen LogP) is 2.91. The van der Waals surface area contributed by atoms with Crippen LogP contribution in [0.25, 0.3) is 16.2 Å². The Labute approximate surface area is 173 Å². The normalized spacial score (nSPS) is 16.0. The van der Waals surface area contributed by atoms with E-state index in [1.165, 1.54) is 11.8 Å². The van der Waals surface area contributed by atoms with Crippen molar-refractivity contribution in [3.8, 4) is 11.3 Å². The van der Waals surface area contributed by atoms with Crippen molar-refractivity contribution in [2.75, 3.05) is 0 Å². The lowest BCUT2D eigenvalue weighted by Crippen LogP contribution is -2.36. The Bertz CT molecular complexity index is 1090. The Morgan fingerprint density at radius 2 is 2.00 bits per heavy atom. The van der Waals surface area contributed by atoms with Gasteiger partial charge in [0.2, 0.25) is 0 Å². The molecular weight excluding hydrogens is 384 g/mol. The van der Waals surface area contributed by atoms with E-state index >= 15 is 0 Å². The van der Waals surface area contributed by atoms with Gasteiger partial charge in [-0.1, -0.05) is 17.8 Å². The van der Waals surface area contributed by atoms with Crippen LogP contribution < -0.4 is 5.73 Å². The molecule has 1 atom stereocenters. The van der Waals surface area contributed by atoms with Crippen molar-refractivity contribution in [3.63, 3.8) is 0 Å². The predicted molar refractivity (Wildman–Crippen MR) is 113 cm³/mol. The van der Waals surface area contributed by atoms with E-state index in [0.717, 1.165) is 38.7 Å². The lowest BCUT2D eigenvalue weighted by molar-refractivity contribution is -0.119. The summed E-state index contributed by atoms with van der Waals surface area (Å²) < 4.78 is 0. The van der Waals surface area contributed by atoms with Crippen molar-refractivity contribution in [3.05, 3.63) is 77.9 Å². The molecule has 8 heteroatoms. The first kappa shape index (κ1) is 19.1. The second kappa shape index (κ2) is 8.00. The zero-order chi connectivity index (χ0) is 20.4. The number of carbonyl (C=O) groups excluding carboxylic acids is 1. The monoisotopic (exact) mass is 404 g/mol. The number of aromatic nitrogens is 4. The lowest BCUT2D eigenvalue weighted by Gasteiger charge is -2.22. The maximum atomic E-state index is 12.0. The molecule has 1 amide bonds. The number of hydrogen-bond donors (Lipinski definition) is 1. The molecule has 1 aliphatic heterocycles. The van der Waals surface area contributed by atoms with Gasteiger partial charge in [-0.05, 0) is 37.1 Å². The highest BCUT2D eigenvalue weighted by molar-refractivity contribution is 8.09. The Morgan fingerprint density at radius 3 is 2.69 bits per heavy atom. The quantitative estimate of drug-likeness (QED) is 0.698. The minimum atomic E-state index is -0.491. The summed E-state index contributed by atoms with van der Waals surface area (Å²) >= 11 is 1.39. The molecule has 2 N–H and O–H groups in total. The molecule has 0 aromatic carbocycles. The summed E-state index contributed by atoms with van der Waals surface area (Å²) in [6.45, 7) is 4.52. The SMILES string of the molecule is Cc1cc(-c2ncc(CN3C=C(c4cnccn4)SC3C(N)=O)cc2C)ccn1. The summed E-state index contributed by atoms with van der Waals surface area (Å²) in [5, 5.41) is -0.491. The summed E-state index contributed by atoms with van der Waals surface area (Å²) in [5.41, 5.74) is 11.3. The molecule has 1 unspecified atom stereocenters. The Kier molecular flexibility index (Phi) is 5.26. The van der Waals surface area contributed by atoms with Crippen LogP contribution in [0.4, 0.5) is 0 Å². The van der Waals surface area contributed by atoms with Crippen molar-refractivity contribution in [2.45, 2.75) is 25.8 Å². The van der Waals surface area contributed by atoms with Crippen LogP contribution in [0.5, 0.6) is 0 Å². The number of nitrogens with zero attached hydrogens (tertiary/aromatic N) is 5. The number of rotatable bonds is 5. The number of amides is 1. The van der Waals surface area contributed by atoms with Gasteiger partial charge in [0, 0.05) is 48.8 Å². The van der Waals surface area contributed by atoms with Gasteiger partial charge < -0.3 is 10.6 Å². The summed E-state index contributed by atoms with van der Waals surface area (Å²) in [5.74, 6) is -0.390. The van der Waals surface area contributed by atoms with Crippen LogP contribution >= 0.6 is 11.8 Å². The summed E-state index contributed by atoms with van der Waals surface area (Å²) in [6, 6.07) is 6.07. The van der Waals surface area contributed by atoms with E-state index in [0.29, 0.717) is 6.54 Å². The number of hydrogen-bond acceptors (Lipinski definition) is 7. The molecule has 0 saturated heterocycles. The third kappa shape index (κ3) is 4.12. The van der Waals surface area contributed by atoms with Crippen molar-refractivity contribution < 1.29 is 4.79 Å². The topological polar surface area (TPSA) is 97.9 Å². The number of aryl methyl sites for hydroxylation is 2. The van der Waals surface area contributed by atoms with Gasteiger partial charge in [-0.15, -0.1) is 0 Å². The lowest BCUT2D eigenvalue weighted by atomic mass is 10.1. The van der Waals surface area contributed by atoms with Crippen molar-refractivity contribution >= 4 is 22.6 Å². The fraction of sp³-hybridized carbons (Fsp3) is 0.190. The molecule has 4 rings (SSSR count). The largest absolute Gasteiger partial charge is 0.367 e. The molecule has 1 aliphatic rings. The average molecular weight is 404 g/mol. The van der Waals surface area contributed by atoms with Gasteiger partial charge in [-0.2, -0.15) is 0 Å². The van der Waals surface area contributed by atoms with Gasteiger partial charge in [0.1, 0.15) is 0 Å². The summed E-state index contributed by atoms with van der Waals surface area (Å²) in [6.07, 6.45) is 10.5. The molecule has 7 nitrogen and oxygen atoms in total. The van der Waals surface area contributed by atoms with E-state index in [-0.39, 0.29) is 0 Å². The van der Waals surface area contributed by atoms with Crippen LogP contribution in [0.3, 0.4) is 0 Å². The zero-order valence-corrected chi connectivity index (χ0v) is 16.9. The van der Waals surface area contributed by atoms with Gasteiger partial charge >= 0.3 is 0 Å². The smallest absolute Gasteiger partial charge is 0.251 e. The first-order valence-electron chi connectivity index (χ1n) is 9.10. The van der Waals surface area contributed by atoms with Gasteiger partial charge in [0.05, 0.1) is 22.5 Å². The molecule has 3 aromatic heterocycles. The number of pyridine rings is 2. The number of primary amides is 1. The maximum absolute atomic E-state index is 12.0. The molecular formula is C21H20N6OS. The minimum Gasteiger partial charge on any atom is -0.367 e. The molecule has 0 fully saturated rings. The second-order valence-electron chi connectivity index (χ2n) is 6.82. The molecule has 3 aromatic rings. The number of nitrogens with two attached hydrogens (primary N) is 1. The maximum Gasteiger partial charge on any atom is 0.251 e. The molecule has 29 heavy (non-hydrogen) atoms. The third-order valence-electron chi connectivity index (χ3n) is 4.55. The Balaban J connectivity index is 1.59. The van der Waals surface area contributed by atoms with Gasteiger partial charge in [0.15, 0.2) is 5.37 Å². The van der Waals surface area contributed by atoms with Crippen LogP contribution in [0.1, 0.15) is 22.5 Å². The van der Waals surface area contributed by atoms with Gasteiger partial charge in [-0.3, -0.25) is 24.7 Å². The number of carbonyl (C=O) groups is 1. The fourth-order valence-electron chi connectivity index (χ4n) is 3.26. The van der Waals surface area contributed by atoms with Crippen LogP contribution in [0.15, 0.2) is 55.4 Å². The summed E-state index contributed by atoms with van der Waals surface area (Å²) in [4.78, 5) is 32.1. The zero-order valence-electron chi connectivity index (χ0n) is 16.1. The van der Waals surface area contributed by atoms with E-state index in [1.54, 1.807) is 24.8 Å². The molecule has 0 bridgehead atoms. The summed E-state index contributed by atoms with van der Waals surface area (Å²) in [7, 11) is 0. The Hall–Kier alpha value is -3.26. The molecule has 0 radical (unpaired) electrons. The van der Waals surface area contributed by atoms with Gasteiger partial charge in [-0.25, -0.2) is 0 Å². The van der Waals surface area contributed by atoms with Crippen LogP contribution in [-0.4, -0.2) is 36.1 Å². The average Bonchev–Trinajstić information content (AvgIpc) is 3.13. The molecule has 0 aliphatic carbocycles. The fourth-order valence-corrected chi connectivity index (χ4v) is 4.31. The van der Waals surface area contributed by atoms with Crippen LogP contribution in [-0.2, 0) is 11.3 Å². The van der Waals surface area contributed by atoms with E-state index < -0.39 is 11.3 Å². The van der Waals surface area contributed by atoms with Gasteiger partial charge in [0.25, 0.3) is 5.91 Å². The second-order valence-corrected chi connectivity index (χ2v) is 7.95. The van der Waals surface area contributed by atoms with Crippen LogP contribution in [0.2, 0.25) is 0 Å². The van der Waals surface area contributed by atoms with E-state index in [1.807, 2.05) is 43.3 Å². The van der Waals surface area contributed by atoms with E-state index in [9.17, 15) is 4.79 Å². The third-order valence-corrected chi connectivity index (χ3v) is 5.85. The number of thioether (sulfide) groups is 1. The molecule has 4 heterocycles. The highest BCUT2D eigenvalue weighted by Crippen LogP contribution is 2.39. The standard InChI is InChI=1S/C21H20N6OS/c1-13-7-15(9-26-19(13)16-3-4-24-14(2)8-16)11-27-12-18(29-21(27)20(22)28)17-10-23-5-6-25-17/h3-10,12,21H,11H2,1-2H3,(H2,22,28). The van der Waals surface area contributed by atoms with Crippen LogP contribution in [0, 0.1) is 13.8 Å². The van der Waals surface area contributed by atoms with Crippen molar-refractivity contribution in [2.24, 2.45) is 5.73 Å². The first-order chi connectivity index (χ1) is 14.0.